The molecule has 4 atom stereocenters. The summed E-state index contributed by atoms with van der Waals surface area (Å²) in [4.78, 5) is 90.4. The summed E-state index contributed by atoms with van der Waals surface area (Å²) in [6.45, 7) is 5.48. The van der Waals surface area contributed by atoms with Gasteiger partial charge in [-0.3, -0.25) is 19.2 Å². The Balaban J connectivity index is 1.23. The molecule has 0 bridgehead atoms. The number of H-pyrrole nitrogens is 1. The second-order valence-corrected chi connectivity index (χ2v) is 14.5. The topological polar surface area (TPSA) is 192 Å². The molecule has 5 rings (SSSR count). The largest absolute Gasteiger partial charge is 0.459 e. The molecule has 2 saturated heterocycles. The average molecular weight is 744 g/mol. The summed E-state index contributed by atoms with van der Waals surface area (Å²) < 4.78 is 10.9. The molecule has 2 aromatic carbocycles. The molecular formula is C39H49N7O8. The zero-order valence-corrected chi connectivity index (χ0v) is 30.9. The highest BCUT2D eigenvalue weighted by molar-refractivity contribution is 5.95. The minimum atomic E-state index is -1.12. The van der Waals surface area contributed by atoms with Crippen molar-refractivity contribution in [2.75, 3.05) is 19.6 Å². The quantitative estimate of drug-likeness (QED) is 0.180. The lowest BCUT2D eigenvalue weighted by atomic mass is 10.0. The molecule has 0 spiro atoms. The minimum absolute atomic E-state index is 0.0444. The van der Waals surface area contributed by atoms with Gasteiger partial charge in [0.25, 0.3) is 0 Å². The van der Waals surface area contributed by atoms with Crippen LogP contribution in [0.5, 0.6) is 0 Å². The number of alkyl carbamates (subject to hydrolysis) is 1. The van der Waals surface area contributed by atoms with Crippen molar-refractivity contribution < 1.29 is 38.2 Å². The van der Waals surface area contributed by atoms with Crippen LogP contribution in [-0.4, -0.2) is 105 Å². The van der Waals surface area contributed by atoms with Gasteiger partial charge in [0.15, 0.2) is 0 Å². The number of amides is 5. The molecule has 0 radical (unpaired) electrons. The molecular weight excluding hydrogens is 694 g/mol. The summed E-state index contributed by atoms with van der Waals surface area (Å²) in [6, 6.07) is 14.6. The number of nitrogens with one attached hydrogen (secondary N) is 4. The van der Waals surface area contributed by atoms with E-state index < -0.39 is 65.5 Å². The molecule has 4 N–H and O–H groups in total. The van der Waals surface area contributed by atoms with Crippen LogP contribution in [0, 0.1) is 0 Å². The molecule has 3 aromatic rings. The first kappa shape index (κ1) is 39.5. The van der Waals surface area contributed by atoms with Crippen LogP contribution in [-0.2, 0) is 52.9 Å². The molecule has 2 aliphatic rings. The number of carbonyl (C=O) groups excluding carboxylic acids is 6. The zero-order chi connectivity index (χ0) is 38.7. The lowest BCUT2D eigenvalue weighted by molar-refractivity contribution is -0.154. The summed E-state index contributed by atoms with van der Waals surface area (Å²) in [5.41, 5.74) is 1.37. The molecule has 15 heteroatoms. The number of benzene rings is 2. The predicted octanol–water partition coefficient (Wildman–Crippen LogP) is 2.41. The maximum Gasteiger partial charge on any atom is 0.408 e. The van der Waals surface area contributed by atoms with Gasteiger partial charge in [-0.2, -0.15) is 0 Å². The van der Waals surface area contributed by atoms with Crippen LogP contribution in [0.25, 0.3) is 0 Å². The third-order valence-corrected chi connectivity index (χ3v) is 9.21. The Morgan fingerprint density at radius 1 is 0.833 bits per heavy atom. The van der Waals surface area contributed by atoms with Gasteiger partial charge in [0.05, 0.1) is 12.9 Å². The third kappa shape index (κ3) is 11.1. The Bertz CT molecular complexity index is 1750. The standard InChI is InChI=1S/C39H49N7O8/c1-39(2,3)54-38(52)44-29(21-28-22-40-25-42-28)34(48)43-30(20-26-12-6-4-7-13-26)36(50)46-19-10-16-31(46)35(49)41-23-33(47)45-18-11-17-32(45)37(51)53-24-27-14-8-5-9-15-27/h4-9,12-15,22,25,29-32H,10-11,16-21,23-24H2,1-3H3,(H,40,42)(H,41,49)(H,43,48)(H,44,52)/t29-,30-,31-,32-/m0/s1. The van der Waals surface area contributed by atoms with Crippen LogP contribution in [0.4, 0.5) is 4.79 Å². The Kier molecular flexibility index (Phi) is 13.4. The highest BCUT2D eigenvalue weighted by Gasteiger charge is 2.40. The van der Waals surface area contributed by atoms with E-state index in [1.807, 2.05) is 60.7 Å². The number of hydrogen-bond donors (Lipinski definition) is 4. The van der Waals surface area contributed by atoms with Crippen molar-refractivity contribution in [3.8, 4) is 0 Å². The highest BCUT2D eigenvalue weighted by Crippen LogP contribution is 2.22. The zero-order valence-electron chi connectivity index (χ0n) is 30.9. The lowest BCUT2D eigenvalue weighted by Crippen LogP contribution is -2.58. The van der Waals surface area contributed by atoms with E-state index >= 15 is 0 Å². The molecule has 0 aliphatic carbocycles. The molecule has 3 heterocycles. The number of rotatable bonds is 14. The van der Waals surface area contributed by atoms with Gasteiger partial charge in [-0.15, -0.1) is 0 Å². The van der Waals surface area contributed by atoms with Gasteiger partial charge in [-0.05, 0) is 57.6 Å². The van der Waals surface area contributed by atoms with Crippen molar-refractivity contribution in [3.63, 3.8) is 0 Å². The van der Waals surface area contributed by atoms with Gasteiger partial charge in [0.2, 0.25) is 23.6 Å². The van der Waals surface area contributed by atoms with E-state index in [2.05, 4.69) is 25.9 Å². The molecule has 2 aliphatic heterocycles. The van der Waals surface area contributed by atoms with Crippen molar-refractivity contribution in [2.45, 2.75) is 95.7 Å². The fraction of sp³-hybridized carbons (Fsp3) is 0.462. The van der Waals surface area contributed by atoms with E-state index in [4.69, 9.17) is 9.47 Å². The number of aromatic amines is 1. The van der Waals surface area contributed by atoms with Crippen LogP contribution in [0.1, 0.15) is 63.3 Å². The van der Waals surface area contributed by atoms with Gasteiger partial charge < -0.3 is 40.2 Å². The summed E-state index contributed by atoms with van der Waals surface area (Å²) >= 11 is 0. The Morgan fingerprint density at radius 2 is 1.48 bits per heavy atom. The van der Waals surface area contributed by atoms with Crippen LogP contribution >= 0.6 is 0 Å². The number of nitrogens with zero attached hydrogens (tertiary/aromatic N) is 3. The van der Waals surface area contributed by atoms with Crippen LogP contribution in [0.15, 0.2) is 73.2 Å². The number of likely N-dealkylation sites (tertiary alicyclic amines) is 2. The summed E-state index contributed by atoms with van der Waals surface area (Å²) in [7, 11) is 0. The predicted molar refractivity (Wildman–Crippen MR) is 196 cm³/mol. The number of ether oxygens (including phenoxy) is 2. The monoisotopic (exact) mass is 743 g/mol. The first-order chi connectivity index (χ1) is 25.9. The van der Waals surface area contributed by atoms with E-state index in [1.54, 1.807) is 20.8 Å². The second kappa shape index (κ2) is 18.3. The van der Waals surface area contributed by atoms with Gasteiger partial charge in [0.1, 0.15) is 36.4 Å². The van der Waals surface area contributed by atoms with E-state index in [9.17, 15) is 28.8 Å². The van der Waals surface area contributed by atoms with Gasteiger partial charge in [-0.25, -0.2) is 14.6 Å². The van der Waals surface area contributed by atoms with E-state index in [0.29, 0.717) is 37.9 Å². The average Bonchev–Trinajstić information content (AvgIpc) is 3.95. The van der Waals surface area contributed by atoms with Gasteiger partial charge >= 0.3 is 12.1 Å². The summed E-state index contributed by atoms with van der Waals surface area (Å²) in [6.07, 6.45) is 4.33. The van der Waals surface area contributed by atoms with Gasteiger partial charge in [0, 0.05) is 37.8 Å². The van der Waals surface area contributed by atoms with E-state index in [1.165, 1.54) is 22.3 Å². The Hall–Kier alpha value is -5.73. The highest BCUT2D eigenvalue weighted by atomic mass is 16.6. The van der Waals surface area contributed by atoms with Crippen molar-refractivity contribution in [1.82, 2.24) is 35.7 Å². The maximum atomic E-state index is 14.3. The maximum absolute atomic E-state index is 14.3. The molecule has 0 saturated carbocycles. The van der Waals surface area contributed by atoms with Crippen molar-refractivity contribution in [3.05, 3.63) is 90.0 Å². The Labute approximate surface area is 314 Å². The molecule has 288 valence electrons. The van der Waals surface area contributed by atoms with E-state index in [-0.39, 0.29) is 32.5 Å². The fourth-order valence-corrected chi connectivity index (χ4v) is 6.62. The molecule has 15 nitrogen and oxygen atoms in total. The normalized spacial score (nSPS) is 18.0. The Morgan fingerprint density at radius 3 is 2.13 bits per heavy atom. The van der Waals surface area contributed by atoms with Crippen LogP contribution < -0.4 is 16.0 Å². The first-order valence-corrected chi connectivity index (χ1v) is 18.3. The number of carbonyl (C=O) groups is 6. The molecule has 0 unspecified atom stereocenters. The molecule has 1 aromatic heterocycles. The SMILES string of the molecule is CC(C)(C)OC(=O)N[C@@H](Cc1cnc[nH]1)C(=O)N[C@@H](Cc1ccccc1)C(=O)N1CCC[C@H]1C(=O)NCC(=O)N1CCC[C@H]1C(=O)OCc1ccccc1. The molecule has 2 fully saturated rings. The lowest BCUT2D eigenvalue weighted by Gasteiger charge is -2.30. The number of imidazole rings is 1. The number of hydrogen-bond acceptors (Lipinski definition) is 9. The van der Waals surface area contributed by atoms with Gasteiger partial charge in [-0.1, -0.05) is 60.7 Å². The molecule has 5 amide bonds. The smallest absolute Gasteiger partial charge is 0.408 e. The first-order valence-electron chi connectivity index (χ1n) is 18.3. The minimum Gasteiger partial charge on any atom is -0.459 e. The van der Waals surface area contributed by atoms with E-state index in [0.717, 1.165) is 11.1 Å². The van der Waals surface area contributed by atoms with Crippen LogP contribution in [0.2, 0.25) is 0 Å². The van der Waals surface area contributed by atoms with Crippen molar-refractivity contribution in [2.24, 2.45) is 0 Å². The summed E-state index contributed by atoms with van der Waals surface area (Å²) in [5.74, 6) is -2.53. The fourth-order valence-electron chi connectivity index (χ4n) is 6.62. The second-order valence-electron chi connectivity index (χ2n) is 14.5. The molecule has 54 heavy (non-hydrogen) atoms. The van der Waals surface area contributed by atoms with Crippen LogP contribution in [0.3, 0.4) is 0 Å². The summed E-state index contributed by atoms with van der Waals surface area (Å²) in [5, 5.41) is 8.13. The van der Waals surface area contributed by atoms with Crippen molar-refractivity contribution >= 4 is 35.7 Å². The number of esters is 1. The number of aromatic nitrogens is 2. The third-order valence-electron chi connectivity index (χ3n) is 9.21. The van der Waals surface area contributed by atoms with Crippen molar-refractivity contribution in [1.29, 1.82) is 0 Å².